The maximum absolute atomic E-state index is 13.3. The number of benzene rings is 3. The van der Waals surface area contributed by atoms with E-state index in [0.29, 0.717) is 10.0 Å². The van der Waals surface area contributed by atoms with Gasteiger partial charge in [0.15, 0.2) is 0 Å². The van der Waals surface area contributed by atoms with Crippen LogP contribution in [0.25, 0.3) is 0 Å². The minimum absolute atomic E-state index is 0.0130. The van der Waals surface area contributed by atoms with Crippen molar-refractivity contribution in [3.8, 4) is 5.75 Å². The summed E-state index contributed by atoms with van der Waals surface area (Å²) in [7, 11) is -4.08. The molecule has 0 radical (unpaired) electrons. The minimum Gasteiger partial charge on any atom is -0.489 e. The molecule has 1 heterocycles. The van der Waals surface area contributed by atoms with E-state index in [2.05, 4.69) is 10.5 Å². The van der Waals surface area contributed by atoms with E-state index in [4.69, 9.17) is 27.9 Å². The van der Waals surface area contributed by atoms with E-state index in [1.165, 1.54) is 36.5 Å². The maximum Gasteiger partial charge on any atom is 0.264 e. The predicted octanol–water partition coefficient (Wildman–Crippen LogP) is 4.83. The molecule has 0 unspecified atom stereocenters. The fourth-order valence-electron chi connectivity index (χ4n) is 3.13. The highest BCUT2D eigenvalue weighted by Gasteiger charge is 2.27. The van der Waals surface area contributed by atoms with Gasteiger partial charge in [-0.3, -0.25) is 9.10 Å². The topological polar surface area (TPSA) is 88.1 Å². The number of ether oxygens (including phenoxy) is 1. The van der Waals surface area contributed by atoms with Crippen LogP contribution in [0.1, 0.15) is 5.56 Å². The zero-order chi connectivity index (χ0) is 24.8. The lowest BCUT2D eigenvalue weighted by molar-refractivity contribution is -0.119. The summed E-state index contributed by atoms with van der Waals surface area (Å²) >= 11 is 13.8. The third kappa shape index (κ3) is 6.70. The van der Waals surface area contributed by atoms with Gasteiger partial charge >= 0.3 is 0 Å². The molecule has 182 valence electrons. The first-order valence-electron chi connectivity index (χ1n) is 10.5. The van der Waals surface area contributed by atoms with E-state index >= 15 is 0 Å². The summed E-state index contributed by atoms with van der Waals surface area (Å²) < 4.78 is 33.4. The molecule has 0 spiro atoms. The molecule has 1 amide bonds. The van der Waals surface area contributed by atoms with Gasteiger partial charge in [0.2, 0.25) is 0 Å². The van der Waals surface area contributed by atoms with Gasteiger partial charge in [-0.2, -0.15) is 16.9 Å². The largest absolute Gasteiger partial charge is 0.489 e. The van der Waals surface area contributed by atoms with Crippen LogP contribution in [0.15, 0.2) is 82.8 Å². The average molecular weight is 550 g/mol. The standard InChI is InChI=1S/C24H21Cl2N3O4S2/c25-18-6-10-23(11-7-18)35(31,32)29(20-3-1-2-19(26)12-20)14-24(30)28-27-13-17-4-8-21(9-5-17)33-22-15-34-16-22/h1-13,22H,14-16H2,(H,28,30)/b27-13-. The Hall–Kier alpha value is -2.72. The van der Waals surface area contributed by atoms with Crippen molar-refractivity contribution in [1.29, 1.82) is 0 Å². The molecule has 1 aliphatic heterocycles. The number of nitrogens with zero attached hydrogens (tertiary/aromatic N) is 2. The van der Waals surface area contributed by atoms with Crippen LogP contribution in [-0.4, -0.2) is 44.7 Å². The van der Waals surface area contributed by atoms with Gasteiger partial charge in [0, 0.05) is 21.6 Å². The van der Waals surface area contributed by atoms with Gasteiger partial charge < -0.3 is 4.74 Å². The van der Waals surface area contributed by atoms with E-state index < -0.39 is 22.5 Å². The monoisotopic (exact) mass is 549 g/mol. The normalized spacial score (nSPS) is 13.9. The first-order chi connectivity index (χ1) is 16.8. The first kappa shape index (κ1) is 25.4. The highest BCUT2D eigenvalue weighted by molar-refractivity contribution is 8.00. The summed E-state index contributed by atoms with van der Waals surface area (Å²) in [6, 6.07) is 19.3. The van der Waals surface area contributed by atoms with Crippen LogP contribution < -0.4 is 14.5 Å². The van der Waals surface area contributed by atoms with Gasteiger partial charge in [-0.05, 0) is 72.3 Å². The number of sulfonamides is 1. The second-order valence-corrected chi connectivity index (χ2v) is 11.4. The quantitative estimate of drug-likeness (QED) is 0.305. The van der Waals surface area contributed by atoms with Gasteiger partial charge in [-0.15, -0.1) is 0 Å². The van der Waals surface area contributed by atoms with Crippen molar-refractivity contribution in [2.45, 2.75) is 11.0 Å². The highest BCUT2D eigenvalue weighted by Crippen LogP contribution is 2.27. The van der Waals surface area contributed by atoms with Crippen molar-refractivity contribution in [2.75, 3.05) is 22.4 Å². The molecule has 3 aromatic carbocycles. The fourth-order valence-corrected chi connectivity index (χ4v) is 5.42. The lowest BCUT2D eigenvalue weighted by Crippen LogP contribution is -2.39. The van der Waals surface area contributed by atoms with Crippen molar-refractivity contribution in [3.63, 3.8) is 0 Å². The van der Waals surface area contributed by atoms with E-state index in [1.54, 1.807) is 18.2 Å². The van der Waals surface area contributed by atoms with Gasteiger partial charge in [-0.25, -0.2) is 13.8 Å². The van der Waals surface area contributed by atoms with Crippen molar-refractivity contribution in [2.24, 2.45) is 5.10 Å². The number of amides is 1. The van der Waals surface area contributed by atoms with Crippen LogP contribution in [0, 0.1) is 0 Å². The molecule has 0 aromatic heterocycles. The Bertz CT molecular complexity index is 1310. The number of hydrazone groups is 1. The molecule has 1 fully saturated rings. The van der Waals surface area contributed by atoms with E-state index in [1.807, 2.05) is 36.0 Å². The fraction of sp³-hybridized carbons (Fsp3) is 0.167. The zero-order valence-corrected chi connectivity index (χ0v) is 21.4. The number of hydrogen-bond donors (Lipinski definition) is 1. The third-order valence-corrected chi connectivity index (χ3v) is 8.47. The van der Waals surface area contributed by atoms with Crippen LogP contribution in [0.4, 0.5) is 5.69 Å². The highest BCUT2D eigenvalue weighted by atomic mass is 35.5. The van der Waals surface area contributed by atoms with Crippen LogP contribution >= 0.6 is 35.0 Å². The summed E-state index contributed by atoms with van der Waals surface area (Å²) in [5.41, 5.74) is 3.37. The van der Waals surface area contributed by atoms with Crippen LogP contribution in [0.5, 0.6) is 5.75 Å². The van der Waals surface area contributed by atoms with Crippen LogP contribution in [0.3, 0.4) is 0 Å². The molecule has 3 aromatic rings. The van der Waals surface area contributed by atoms with Crippen molar-refractivity contribution in [3.05, 3.63) is 88.4 Å². The lowest BCUT2D eigenvalue weighted by Gasteiger charge is -2.25. The number of carbonyl (C=O) groups is 1. The summed E-state index contributed by atoms with van der Waals surface area (Å²) in [5, 5.41) is 4.69. The number of thioether (sulfide) groups is 1. The van der Waals surface area contributed by atoms with E-state index in [9.17, 15) is 13.2 Å². The number of carbonyl (C=O) groups excluding carboxylic acids is 1. The molecule has 1 saturated heterocycles. The predicted molar refractivity (Wildman–Crippen MR) is 141 cm³/mol. The smallest absolute Gasteiger partial charge is 0.264 e. The molecule has 0 saturated carbocycles. The molecule has 1 N–H and O–H groups in total. The van der Waals surface area contributed by atoms with E-state index in [0.717, 1.165) is 27.1 Å². The number of nitrogens with one attached hydrogen (secondary N) is 1. The van der Waals surface area contributed by atoms with Crippen LogP contribution in [-0.2, 0) is 14.8 Å². The molecular weight excluding hydrogens is 529 g/mol. The lowest BCUT2D eigenvalue weighted by atomic mass is 10.2. The average Bonchev–Trinajstić information content (AvgIpc) is 2.81. The Balaban J connectivity index is 1.45. The maximum atomic E-state index is 13.3. The molecule has 0 bridgehead atoms. The Kier molecular flexibility index (Phi) is 8.22. The number of halogens is 2. The number of hydrogen-bond acceptors (Lipinski definition) is 6. The Labute approximate surface area is 218 Å². The summed E-state index contributed by atoms with van der Waals surface area (Å²) in [6.45, 7) is -0.505. The number of anilines is 1. The molecule has 35 heavy (non-hydrogen) atoms. The molecule has 0 atom stereocenters. The molecular formula is C24H21Cl2N3O4S2. The first-order valence-corrected chi connectivity index (χ1v) is 13.9. The summed E-state index contributed by atoms with van der Waals surface area (Å²) in [6.07, 6.45) is 1.73. The Morgan fingerprint density at radius 1 is 1.06 bits per heavy atom. The zero-order valence-electron chi connectivity index (χ0n) is 18.3. The van der Waals surface area contributed by atoms with Gasteiger partial charge in [0.1, 0.15) is 18.4 Å². The Morgan fingerprint density at radius 2 is 1.77 bits per heavy atom. The SMILES string of the molecule is O=C(CN(c1cccc(Cl)c1)S(=O)(=O)c1ccc(Cl)cc1)N/N=C\c1ccc(OC2CSC2)cc1. The summed E-state index contributed by atoms with van der Waals surface area (Å²) in [4.78, 5) is 12.6. The molecule has 0 aliphatic carbocycles. The second-order valence-electron chi connectivity index (χ2n) is 7.59. The van der Waals surface area contributed by atoms with Gasteiger partial charge in [0.25, 0.3) is 15.9 Å². The molecule has 11 heteroatoms. The van der Waals surface area contributed by atoms with Crippen LogP contribution in [0.2, 0.25) is 10.0 Å². The Morgan fingerprint density at radius 3 is 2.40 bits per heavy atom. The molecule has 7 nitrogen and oxygen atoms in total. The molecule has 4 rings (SSSR count). The van der Waals surface area contributed by atoms with Gasteiger partial charge in [0.05, 0.1) is 16.8 Å². The molecule has 1 aliphatic rings. The second kappa shape index (κ2) is 11.3. The van der Waals surface area contributed by atoms with Crippen molar-refractivity contribution < 1.29 is 17.9 Å². The third-order valence-electron chi connectivity index (χ3n) is 4.98. The van der Waals surface area contributed by atoms with Crippen molar-refractivity contribution >= 4 is 62.8 Å². The minimum atomic E-state index is -4.08. The van der Waals surface area contributed by atoms with E-state index in [-0.39, 0.29) is 16.7 Å². The summed E-state index contributed by atoms with van der Waals surface area (Å²) in [5.74, 6) is 2.15. The number of rotatable bonds is 9. The van der Waals surface area contributed by atoms with Gasteiger partial charge in [-0.1, -0.05) is 29.3 Å². The van der Waals surface area contributed by atoms with Crippen molar-refractivity contribution in [1.82, 2.24) is 5.43 Å².